The highest BCUT2D eigenvalue weighted by molar-refractivity contribution is 7.17. The van der Waals surface area contributed by atoms with E-state index in [1.54, 1.807) is 31.5 Å². The molecule has 9 heteroatoms. The number of aliphatic hydroxyl groups is 1. The van der Waals surface area contributed by atoms with Crippen LogP contribution in [-0.4, -0.2) is 36.7 Å². The minimum Gasteiger partial charge on any atom is -0.503 e. The van der Waals surface area contributed by atoms with Gasteiger partial charge in [0.25, 0.3) is 5.91 Å². The number of pyridine rings is 1. The molecular weight excluding hydrogens is 486 g/mol. The Bertz CT molecular complexity index is 1710. The molecule has 5 aromatic rings. The Hall–Kier alpha value is -4.63. The van der Waals surface area contributed by atoms with E-state index in [1.807, 2.05) is 55.5 Å². The molecule has 3 aromatic heterocycles. The number of nitrogens with zero attached hydrogens (tertiary/aromatic N) is 4. The van der Waals surface area contributed by atoms with E-state index >= 15 is 0 Å². The summed E-state index contributed by atoms with van der Waals surface area (Å²) in [5, 5.41) is 11.8. The van der Waals surface area contributed by atoms with Crippen molar-refractivity contribution in [3.05, 3.63) is 106 Å². The number of benzene rings is 2. The fourth-order valence-corrected chi connectivity index (χ4v) is 5.60. The molecule has 182 valence electrons. The van der Waals surface area contributed by atoms with E-state index in [2.05, 4.69) is 19.9 Å². The Morgan fingerprint density at radius 2 is 1.78 bits per heavy atom. The molecule has 6 rings (SSSR count). The molecule has 0 fully saturated rings. The van der Waals surface area contributed by atoms with Crippen LogP contribution in [0.4, 0.5) is 5.95 Å². The molecule has 1 unspecified atom stereocenters. The highest BCUT2D eigenvalue weighted by Crippen LogP contribution is 2.42. The summed E-state index contributed by atoms with van der Waals surface area (Å²) in [5.74, 6) is -1.50. The predicted octanol–water partition coefficient (Wildman–Crippen LogP) is 5.48. The number of Topliss-reactive ketones (excluding diaryl/α,β-unsaturated/α-hetero) is 1. The van der Waals surface area contributed by atoms with Gasteiger partial charge in [-0.25, -0.2) is 9.97 Å². The van der Waals surface area contributed by atoms with Crippen LogP contribution in [0, 0.1) is 13.8 Å². The van der Waals surface area contributed by atoms with Crippen molar-refractivity contribution in [1.82, 2.24) is 19.9 Å². The summed E-state index contributed by atoms with van der Waals surface area (Å²) in [6.45, 7) is 3.72. The number of aromatic amines is 1. The second-order valence-electron chi connectivity index (χ2n) is 8.83. The highest BCUT2D eigenvalue weighted by atomic mass is 32.1. The molecule has 8 nitrogen and oxygen atoms in total. The summed E-state index contributed by atoms with van der Waals surface area (Å²) in [6.07, 6.45) is 3.17. The van der Waals surface area contributed by atoms with Crippen LogP contribution in [0.1, 0.15) is 32.5 Å². The molecule has 0 saturated heterocycles. The van der Waals surface area contributed by atoms with Crippen LogP contribution in [0.3, 0.4) is 0 Å². The van der Waals surface area contributed by atoms with E-state index in [4.69, 9.17) is 0 Å². The number of carbonyl (C=O) groups is 2. The first-order chi connectivity index (χ1) is 17.9. The first kappa shape index (κ1) is 22.8. The molecule has 2 N–H and O–H groups in total. The van der Waals surface area contributed by atoms with Gasteiger partial charge in [-0.15, -0.1) is 11.3 Å². The zero-order valence-corrected chi connectivity index (χ0v) is 20.8. The van der Waals surface area contributed by atoms with Crippen LogP contribution >= 0.6 is 11.3 Å². The third-order valence-electron chi connectivity index (χ3n) is 6.35. The Labute approximate surface area is 216 Å². The molecule has 0 spiro atoms. The van der Waals surface area contributed by atoms with Gasteiger partial charge in [-0.2, -0.15) is 0 Å². The monoisotopic (exact) mass is 507 g/mol. The molecule has 1 aliphatic rings. The lowest BCUT2D eigenvalue weighted by Gasteiger charge is -2.24. The number of thiazole rings is 1. The van der Waals surface area contributed by atoms with E-state index in [-0.39, 0.29) is 11.5 Å². The number of aromatic nitrogens is 4. The number of ketones is 1. The number of amides is 1. The summed E-state index contributed by atoms with van der Waals surface area (Å²) in [7, 11) is 0. The van der Waals surface area contributed by atoms with Crippen molar-refractivity contribution in [1.29, 1.82) is 0 Å². The molecule has 1 aliphatic heterocycles. The van der Waals surface area contributed by atoms with Gasteiger partial charge in [0.05, 0.1) is 33.2 Å². The third kappa shape index (κ3) is 3.80. The van der Waals surface area contributed by atoms with Crippen molar-refractivity contribution in [3.63, 3.8) is 0 Å². The molecule has 0 aliphatic carbocycles. The number of imidazole rings is 1. The largest absolute Gasteiger partial charge is 0.503 e. The van der Waals surface area contributed by atoms with Crippen molar-refractivity contribution in [2.24, 2.45) is 0 Å². The Kier molecular flexibility index (Phi) is 5.42. The predicted molar refractivity (Wildman–Crippen MR) is 142 cm³/mol. The number of carbonyl (C=O) groups excluding carboxylic acids is 2. The van der Waals surface area contributed by atoms with Crippen LogP contribution < -0.4 is 4.90 Å². The van der Waals surface area contributed by atoms with Crippen molar-refractivity contribution in [3.8, 4) is 10.6 Å². The van der Waals surface area contributed by atoms with E-state index in [0.29, 0.717) is 26.7 Å². The lowest BCUT2D eigenvalue weighted by Crippen LogP contribution is -2.32. The first-order valence-corrected chi connectivity index (χ1v) is 12.4. The van der Waals surface area contributed by atoms with Crippen LogP contribution in [0.25, 0.3) is 21.6 Å². The van der Waals surface area contributed by atoms with Crippen molar-refractivity contribution < 1.29 is 14.7 Å². The Morgan fingerprint density at radius 1 is 1.03 bits per heavy atom. The minimum absolute atomic E-state index is 0.0146. The molecule has 37 heavy (non-hydrogen) atoms. The van der Waals surface area contributed by atoms with Gasteiger partial charge in [0.1, 0.15) is 5.01 Å². The molecule has 2 aromatic carbocycles. The number of nitrogens with one attached hydrogen (secondary N) is 1. The van der Waals surface area contributed by atoms with Gasteiger partial charge in [-0.3, -0.25) is 19.5 Å². The van der Waals surface area contributed by atoms with E-state index in [9.17, 15) is 14.7 Å². The number of fused-ring (bicyclic) bond motifs is 1. The van der Waals surface area contributed by atoms with Crippen LogP contribution in [0.2, 0.25) is 0 Å². The number of H-pyrrole nitrogens is 1. The van der Waals surface area contributed by atoms with Gasteiger partial charge in [0.15, 0.2) is 5.76 Å². The van der Waals surface area contributed by atoms with E-state index in [0.717, 1.165) is 16.6 Å². The maximum absolute atomic E-state index is 14.0. The molecule has 4 heterocycles. The average Bonchev–Trinajstić information content (AvgIpc) is 3.58. The molecule has 1 amide bonds. The molecular formula is C28H21N5O3S. The second kappa shape index (κ2) is 8.79. The first-order valence-electron chi connectivity index (χ1n) is 11.6. The van der Waals surface area contributed by atoms with Crippen molar-refractivity contribution >= 4 is 40.0 Å². The van der Waals surface area contributed by atoms with E-state index < -0.39 is 23.5 Å². The molecule has 0 saturated carbocycles. The normalized spacial score (nSPS) is 15.7. The minimum atomic E-state index is -0.897. The number of hydrogen-bond donors (Lipinski definition) is 2. The van der Waals surface area contributed by atoms with Gasteiger partial charge in [-0.05, 0) is 49.2 Å². The number of anilines is 1. The summed E-state index contributed by atoms with van der Waals surface area (Å²) in [5.41, 5.74) is 4.49. The van der Waals surface area contributed by atoms with E-state index in [1.165, 1.54) is 16.2 Å². The molecule has 0 bridgehead atoms. The Balaban J connectivity index is 1.47. The van der Waals surface area contributed by atoms with Gasteiger partial charge in [-0.1, -0.05) is 36.4 Å². The fourth-order valence-electron chi connectivity index (χ4n) is 4.57. The SMILES string of the molecule is Cc1ccc2nc(N3C(=O)C(O)=C(C(=O)c4sc(-c5ccccc5)nc4C)C3c3ccncc3)[nH]c2c1. The topological polar surface area (TPSA) is 112 Å². The lowest BCUT2D eigenvalue weighted by atomic mass is 9.96. The Morgan fingerprint density at radius 3 is 2.54 bits per heavy atom. The smallest absolute Gasteiger partial charge is 0.296 e. The standard InChI is InChI=1S/C28H21N5O3S/c1-15-8-9-19-20(14-15)32-28(31-19)33-22(17-10-12-29-13-11-17)21(24(35)27(33)36)23(34)25-16(2)30-26(37-25)18-6-4-3-5-7-18/h3-14,22,35H,1-2H3,(H,31,32). The summed E-state index contributed by atoms with van der Waals surface area (Å²) < 4.78 is 0. The van der Waals surface area contributed by atoms with Crippen molar-refractivity contribution in [2.75, 3.05) is 4.90 Å². The fraction of sp³-hybridized carbons (Fsp3) is 0.107. The number of rotatable bonds is 5. The zero-order valence-electron chi connectivity index (χ0n) is 20.0. The highest BCUT2D eigenvalue weighted by Gasteiger charge is 2.46. The third-order valence-corrected chi connectivity index (χ3v) is 7.56. The lowest BCUT2D eigenvalue weighted by molar-refractivity contribution is -0.117. The van der Waals surface area contributed by atoms with Crippen molar-refractivity contribution in [2.45, 2.75) is 19.9 Å². The maximum atomic E-state index is 14.0. The second-order valence-corrected chi connectivity index (χ2v) is 9.83. The zero-order chi connectivity index (χ0) is 25.7. The average molecular weight is 508 g/mol. The van der Waals surface area contributed by atoms with Gasteiger partial charge < -0.3 is 10.1 Å². The molecule has 0 radical (unpaired) electrons. The number of hydrogen-bond acceptors (Lipinski definition) is 7. The summed E-state index contributed by atoms with van der Waals surface area (Å²) in [4.78, 5) is 45.6. The van der Waals surface area contributed by atoms with Gasteiger partial charge >= 0.3 is 0 Å². The summed E-state index contributed by atoms with van der Waals surface area (Å²) >= 11 is 1.24. The van der Waals surface area contributed by atoms with Gasteiger partial charge in [0.2, 0.25) is 11.7 Å². The summed E-state index contributed by atoms with van der Waals surface area (Å²) in [6, 6.07) is 17.8. The quantitative estimate of drug-likeness (QED) is 0.305. The number of aliphatic hydroxyl groups excluding tert-OH is 1. The molecule has 1 atom stereocenters. The van der Waals surface area contributed by atoms with Crippen LogP contribution in [0.15, 0.2) is 84.4 Å². The van der Waals surface area contributed by atoms with Crippen LogP contribution in [0.5, 0.6) is 0 Å². The van der Waals surface area contributed by atoms with Crippen LogP contribution in [-0.2, 0) is 4.79 Å². The van der Waals surface area contributed by atoms with Gasteiger partial charge in [0, 0.05) is 18.0 Å². The number of aryl methyl sites for hydroxylation is 2. The maximum Gasteiger partial charge on any atom is 0.296 e.